The van der Waals surface area contributed by atoms with Gasteiger partial charge in [0.2, 0.25) is 5.91 Å². The van der Waals surface area contributed by atoms with Crippen LogP contribution in [-0.4, -0.2) is 48.4 Å². The van der Waals surface area contributed by atoms with Crippen molar-refractivity contribution in [3.63, 3.8) is 0 Å². The molecule has 0 aliphatic carbocycles. The Morgan fingerprint density at radius 2 is 1.89 bits per heavy atom. The van der Waals surface area contributed by atoms with Crippen LogP contribution in [0.25, 0.3) is 0 Å². The Labute approximate surface area is 209 Å². The Balaban J connectivity index is 2.41. The van der Waals surface area contributed by atoms with Crippen LogP contribution in [0.15, 0.2) is 42.5 Å². The van der Waals surface area contributed by atoms with Crippen LogP contribution < -0.4 is 0 Å². The molecule has 196 valence electrons. The lowest BCUT2D eigenvalue weighted by molar-refractivity contribution is -0.140. The molecule has 1 aliphatic rings. The highest BCUT2D eigenvalue weighted by atomic mass is 28.4. The summed E-state index contributed by atoms with van der Waals surface area (Å²) in [6, 6.07) is 6.77. The average molecular weight is 510 g/mol. The van der Waals surface area contributed by atoms with Crippen LogP contribution in [0.4, 0.5) is 8.78 Å². The number of rotatable bonds is 12. The minimum Gasteiger partial charge on any atom is -0.481 e. The fourth-order valence-electron chi connectivity index (χ4n) is 4.15. The quantitative estimate of drug-likeness (QED) is 0.250. The summed E-state index contributed by atoms with van der Waals surface area (Å²) in [5, 5.41) is 9.13. The number of aliphatic carboxylic acids is 1. The molecule has 1 aromatic carbocycles. The second-order valence-electron chi connectivity index (χ2n) is 11.0. The predicted molar refractivity (Wildman–Crippen MR) is 137 cm³/mol. The van der Waals surface area contributed by atoms with Crippen molar-refractivity contribution < 1.29 is 27.9 Å². The molecule has 8 heteroatoms. The molecule has 1 unspecified atom stereocenters. The molecule has 5 nitrogen and oxygen atoms in total. The van der Waals surface area contributed by atoms with Gasteiger partial charge in [0.05, 0.1) is 12.5 Å². The van der Waals surface area contributed by atoms with Gasteiger partial charge in [-0.3, -0.25) is 9.59 Å². The van der Waals surface area contributed by atoms with Crippen molar-refractivity contribution >= 4 is 20.2 Å². The van der Waals surface area contributed by atoms with Gasteiger partial charge < -0.3 is 14.4 Å². The first-order valence-corrected chi connectivity index (χ1v) is 15.4. The zero-order valence-electron chi connectivity index (χ0n) is 21.9. The number of hydrogen-bond donors (Lipinski definition) is 1. The van der Waals surface area contributed by atoms with Crippen molar-refractivity contribution in [2.75, 3.05) is 0 Å². The minimum absolute atomic E-state index is 0.126. The van der Waals surface area contributed by atoms with Gasteiger partial charge in [-0.15, -0.1) is 0 Å². The van der Waals surface area contributed by atoms with Crippen molar-refractivity contribution in [1.82, 2.24) is 4.90 Å². The number of halogens is 2. The van der Waals surface area contributed by atoms with Crippen LogP contribution >= 0.6 is 0 Å². The second-order valence-corrected chi connectivity index (χ2v) is 15.7. The Morgan fingerprint density at radius 1 is 1.26 bits per heavy atom. The maximum atomic E-state index is 15.8. The first-order valence-electron chi connectivity index (χ1n) is 12.5. The van der Waals surface area contributed by atoms with E-state index in [0.29, 0.717) is 12.8 Å². The van der Waals surface area contributed by atoms with Gasteiger partial charge in [0.25, 0.3) is 0 Å². The monoisotopic (exact) mass is 509 g/mol. The standard InChI is InChI=1S/C27H41F2NO4Si/c1-7-8-14-22(19-25(32)33)30-21(16-18-24(30)31)15-17-23(34-35(5,6)26(2,3)4)27(28,29)20-12-10-9-11-13-20/h9-13,15,17,21-23H,7-8,14,16,18-19H2,1-6H3,(H,32,33)/b17-15+/t21-,22?,23+/m0/s1. The molecular weight excluding hydrogens is 468 g/mol. The summed E-state index contributed by atoms with van der Waals surface area (Å²) in [6.07, 6.45) is 4.38. The van der Waals surface area contributed by atoms with E-state index >= 15 is 8.78 Å². The number of unbranched alkanes of at least 4 members (excludes halogenated alkanes) is 1. The molecule has 2 rings (SSSR count). The first kappa shape index (κ1) is 29.2. The summed E-state index contributed by atoms with van der Waals surface area (Å²) in [6.45, 7) is 11.9. The van der Waals surface area contributed by atoms with Gasteiger partial charge in [-0.1, -0.05) is 83.0 Å². The third-order valence-electron chi connectivity index (χ3n) is 7.25. The fourth-order valence-corrected chi connectivity index (χ4v) is 5.37. The summed E-state index contributed by atoms with van der Waals surface area (Å²) in [5.41, 5.74) is -0.126. The lowest BCUT2D eigenvalue weighted by Crippen LogP contribution is -2.48. The van der Waals surface area contributed by atoms with Crippen LogP contribution in [0.2, 0.25) is 18.1 Å². The predicted octanol–water partition coefficient (Wildman–Crippen LogP) is 6.75. The number of benzene rings is 1. The molecule has 0 aromatic heterocycles. The van der Waals surface area contributed by atoms with Gasteiger partial charge in [-0.05, 0) is 31.0 Å². The Morgan fingerprint density at radius 3 is 2.43 bits per heavy atom. The third-order valence-corrected chi connectivity index (χ3v) is 11.7. The summed E-state index contributed by atoms with van der Waals surface area (Å²) in [4.78, 5) is 25.8. The highest BCUT2D eigenvalue weighted by molar-refractivity contribution is 6.74. The van der Waals surface area contributed by atoms with E-state index in [1.165, 1.54) is 18.2 Å². The number of carbonyl (C=O) groups is 2. The molecule has 1 saturated heterocycles. The number of nitrogens with zero attached hydrogens (tertiary/aromatic N) is 1. The summed E-state index contributed by atoms with van der Waals surface area (Å²) in [7, 11) is -2.57. The van der Waals surface area contributed by atoms with Crippen LogP contribution in [0, 0.1) is 0 Å². The van der Waals surface area contributed by atoms with Crippen molar-refractivity contribution in [3.8, 4) is 0 Å². The number of carbonyl (C=O) groups excluding carboxylic acids is 1. The lowest BCUT2D eigenvalue weighted by Gasteiger charge is -2.40. The zero-order valence-corrected chi connectivity index (χ0v) is 22.9. The topological polar surface area (TPSA) is 66.8 Å². The van der Waals surface area contributed by atoms with Crippen molar-refractivity contribution in [2.45, 2.75) is 108 Å². The third kappa shape index (κ3) is 7.46. The molecular formula is C27H41F2NO4Si. The van der Waals surface area contributed by atoms with E-state index in [1.807, 2.05) is 40.8 Å². The molecule has 3 atom stereocenters. The van der Waals surface area contributed by atoms with Crippen LogP contribution in [0.5, 0.6) is 0 Å². The highest BCUT2D eigenvalue weighted by Gasteiger charge is 2.47. The van der Waals surface area contributed by atoms with Gasteiger partial charge >= 0.3 is 11.9 Å². The summed E-state index contributed by atoms with van der Waals surface area (Å²) < 4.78 is 37.8. The number of likely N-dealkylation sites (tertiary alicyclic amines) is 1. The molecule has 0 radical (unpaired) electrons. The van der Waals surface area contributed by atoms with Gasteiger partial charge in [-0.25, -0.2) is 0 Å². The summed E-state index contributed by atoms with van der Waals surface area (Å²) >= 11 is 0. The zero-order chi connectivity index (χ0) is 26.4. The molecule has 1 fully saturated rings. The summed E-state index contributed by atoms with van der Waals surface area (Å²) in [5.74, 6) is -4.37. The van der Waals surface area contributed by atoms with E-state index in [1.54, 1.807) is 29.2 Å². The van der Waals surface area contributed by atoms with Crippen molar-refractivity contribution in [3.05, 3.63) is 48.0 Å². The van der Waals surface area contributed by atoms with E-state index < -0.39 is 38.4 Å². The fraction of sp³-hybridized carbons (Fsp3) is 0.630. The van der Waals surface area contributed by atoms with Crippen molar-refractivity contribution in [1.29, 1.82) is 0 Å². The maximum absolute atomic E-state index is 15.8. The normalized spacial score (nSPS) is 19.4. The first-order chi connectivity index (χ1) is 16.2. The number of amides is 1. The molecule has 0 saturated carbocycles. The largest absolute Gasteiger partial charge is 0.481 e. The second kappa shape index (κ2) is 11.8. The van der Waals surface area contributed by atoms with Crippen molar-refractivity contribution in [2.24, 2.45) is 0 Å². The average Bonchev–Trinajstić information content (AvgIpc) is 3.13. The number of alkyl halides is 2. The highest BCUT2D eigenvalue weighted by Crippen LogP contribution is 2.42. The van der Waals surface area contributed by atoms with Gasteiger partial charge in [0.15, 0.2) is 8.32 Å². The molecule has 1 N–H and O–H groups in total. The van der Waals surface area contributed by atoms with Gasteiger partial charge in [0, 0.05) is 18.0 Å². The van der Waals surface area contributed by atoms with Crippen LogP contribution in [0.1, 0.15) is 71.8 Å². The SMILES string of the molecule is CCCCC(CC(=O)O)N1C(=O)CC[C@@H]1/C=C/[C@@H](O[Si](C)(C)C(C)(C)C)C(F)(F)c1ccccc1. The number of carboxylic acids is 1. The van der Waals surface area contributed by atoms with E-state index in [0.717, 1.165) is 12.8 Å². The Kier molecular flexibility index (Phi) is 9.82. The smallest absolute Gasteiger partial charge is 0.305 e. The Bertz CT molecular complexity index is 883. The molecule has 0 spiro atoms. The number of carboxylic acid groups (broad SMARTS) is 1. The van der Waals surface area contributed by atoms with E-state index in [4.69, 9.17) is 4.43 Å². The van der Waals surface area contributed by atoms with Crippen LogP contribution in [-0.2, 0) is 19.9 Å². The minimum atomic E-state index is -3.27. The van der Waals surface area contributed by atoms with E-state index in [9.17, 15) is 14.7 Å². The molecule has 0 bridgehead atoms. The van der Waals surface area contributed by atoms with Gasteiger partial charge in [-0.2, -0.15) is 8.78 Å². The van der Waals surface area contributed by atoms with Crippen LogP contribution in [0.3, 0.4) is 0 Å². The molecule has 1 amide bonds. The van der Waals surface area contributed by atoms with E-state index in [-0.39, 0.29) is 29.4 Å². The lowest BCUT2D eigenvalue weighted by atomic mass is 10.0. The molecule has 35 heavy (non-hydrogen) atoms. The molecule has 1 aromatic rings. The maximum Gasteiger partial charge on any atom is 0.305 e. The number of hydrogen-bond acceptors (Lipinski definition) is 3. The Hall–Kier alpha value is -2.06. The van der Waals surface area contributed by atoms with Gasteiger partial charge in [0.1, 0.15) is 6.10 Å². The van der Waals surface area contributed by atoms with E-state index in [2.05, 4.69) is 0 Å². The molecule has 1 heterocycles. The molecule has 1 aliphatic heterocycles.